The summed E-state index contributed by atoms with van der Waals surface area (Å²) in [5.74, 6) is 0.301. The van der Waals surface area contributed by atoms with Crippen LogP contribution in [0, 0.1) is 5.92 Å². The van der Waals surface area contributed by atoms with E-state index in [1.165, 1.54) is 9.80 Å². The minimum Gasteiger partial charge on any atom is -0.449 e. The summed E-state index contributed by atoms with van der Waals surface area (Å²) in [7, 11) is 0. The Balaban J connectivity index is 2.27. The topological polar surface area (TPSA) is 32.8 Å². The molecule has 112 valence electrons. The lowest BCUT2D eigenvalue weighted by Crippen LogP contribution is -2.51. The molecule has 0 aromatic heterocycles. The summed E-state index contributed by atoms with van der Waals surface area (Å²) in [5.41, 5.74) is 0. The molecule has 0 spiro atoms. The minimum absolute atomic E-state index is 0.234. The van der Waals surface area contributed by atoms with E-state index in [1.807, 2.05) is 13.8 Å². The predicted molar refractivity (Wildman–Crippen MR) is 64.9 cm³/mol. The van der Waals surface area contributed by atoms with Gasteiger partial charge in [0.2, 0.25) is 0 Å². The van der Waals surface area contributed by atoms with Crippen molar-refractivity contribution >= 4 is 6.09 Å². The summed E-state index contributed by atoms with van der Waals surface area (Å²) in [5, 5.41) is 0. The van der Waals surface area contributed by atoms with Gasteiger partial charge < -0.3 is 9.64 Å². The van der Waals surface area contributed by atoms with E-state index < -0.39 is 18.8 Å². The third kappa shape index (κ3) is 6.13. The monoisotopic (exact) mass is 282 g/mol. The Labute approximate surface area is 111 Å². The van der Waals surface area contributed by atoms with E-state index in [0.29, 0.717) is 12.5 Å². The SMILES string of the molecule is CCC(C)COC(=O)N1CCN(CC(F)(F)F)CC1. The van der Waals surface area contributed by atoms with Crippen LogP contribution < -0.4 is 0 Å². The van der Waals surface area contributed by atoms with Crippen molar-refractivity contribution in [1.29, 1.82) is 0 Å². The predicted octanol–water partition coefficient (Wildman–Crippen LogP) is 2.35. The molecule has 0 aliphatic carbocycles. The van der Waals surface area contributed by atoms with Crippen LogP contribution in [0.25, 0.3) is 0 Å². The number of piperazine rings is 1. The van der Waals surface area contributed by atoms with Crippen LogP contribution >= 0.6 is 0 Å². The summed E-state index contributed by atoms with van der Waals surface area (Å²) < 4.78 is 41.7. The van der Waals surface area contributed by atoms with Crippen molar-refractivity contribution in [2.75, 3.05) is 39.3 Å². The van der Waals surface area contributed by atoms with Crippen molar-refractivity contribution in [2.45, 2.75) is 26.4 Å². The van der Waals surface area contributed by atoms with Crippen LogP contribution in [0.15, 0.2) is 0 Å². The van der Waals surface area contributed by atoms with Crippen LogP contribution in [0.4, 0.5) is 18.0 Å². The van der Waals surface area contributed by atoms with Crippen LogP contribution in [0.3, 0.4) is 0 Å². The van der Waals surface area contributed by atoms with Crippen LogP contribution in [-0.4, -0.2) is 61.4 Å². The van der Waals surface area contributed by atoms with Crippen LogP contribution in [0.2, 0.25) is 0 Å². The molecule has 4 nitrogen and oxygen atoms in total. The fourth-order valence-electron chi connectivity index (χ4n) is 1.76. The first-order chi connectivity index (χ1) is 8.81. The third-order valence-electron chi connectivity index (χ3n) is 3.22. The number of hydrogen-bond acceptors (Lipinski definition) is 3. The number of hydrogen-bond donors (Lipinski definition) is 0. The zero-order valence-electron chi connectivity index (χ0n) is 11.4. The van der Waals surface area contributed by atoms with Crippen LogP contribution in [0.1, 0.15) is 20.3 Å². The number of halogens is 3. The molecule has 19 heavy (non-hydrogen) atoms. The average Bonchev–Trinajstić information content (AvgIpc) is 2.34. The lowest BCUT2D eigenvalue weighted by molar-refractivity contribution is -0.148. The maximum absolute atomic E-state index is 12.2. The molecule has 0 aromatic rings. The highest BCUT2D eigenvalue weighted by Gasteiger charge is 2.33. The number of carbonyl (C=O) groups excluding carboxylic acids is 1. The zero-order chi connectivity index (χ0) is 14.5. The van der Waals surface area contributed by atoms with Crippen LogP contribution in [0.5, 0.6) is 0 Å². The Kier molecular flexibility index (Phi) is 5.90. The molecular weight excluding hydrogens is 261 g/mol. The van der Waals surface area contributed by atoms with Crippen molar-refractivity contribution in [3.05, 3.63) is 0 Å². The van der Waals surface area contributed by atoms with Gasteiger partial charge in [0.25, 0.3) is 0 Å². The standard InChI is InChI=1S/C12H21F3N2O2/c1-3-10(2)8-19-11(18)17-6-4-16(5-7-17)9-12(13,14)15/h10H,3-9H2,1-2H3. The molecule has 0 bridgehead atoms. The summed E-state index contributed by atoms with van der Waals surface area (Å²) in [6.07, 6.45) is -3.68. The largest absolute Gasteiger partial charge is 0.449 e. The van der Waals surface area contributed by atoms with Crippen LogP contribution in [-0.2, 0) is 4.74 Å². The second-order valence-electron chi connectivity index (χ2n) is 4.97. The van der Waals surface area contributed by atoms with Gasteiger partial charge in [-0.25, -0.2) is 4.79 Å². The average molecular weight is 282 g/mol. The number of ether oxygens (including phenoxy) is 1. The lowest BCUT2D eigenvalue weighted by Gasteiger charge is -2.34. The normalized spacial score (nSPS) is 19.3. The minimum atomic E-state index is -4.18. The van der Waals surface area contributed by atoms with Gasteiger partial charge in [0, 0.05) is 26.2 Å². The number of nitrogens with zero attached hydrogens (tertiary/aromatic N) is 2. The molecule has 1 aliphatic rings. The molecule has 1 fully saturated rings. The Bertz CT molecular complexity index is 289. The van der Waals surface area contributed by atoms with E-state index in [0.717, 1.165) is 6.42 Å². The van der Waals surface area contributed by atoms with Crippen molar-refractivity contribution in [2.24, 2.45) is 5.92 Å². The highest BCUT2D eigenvalue weighted by molar-refractivity contribution is 5.67. The summed E-state index contributed by atoms with van der Waals surface area (Å²) in [6, 6.07) is 0. The van der Waals surface area contributed by atoms with Gasteiger partial charge in [-0.05, 0) is 5.92 Å². The Morgan fingerprint density at radius 3 is 2.32 bits per heavy atom. The molecule has 1 saturated heterocycles. The van der Waals surface area contributed by atoms with E-state index in [4.69, 9.17) is 4.74 Å². The molecule has 1 rings (SSSR count). The van der Waals surface area contributed by atoms with Gasteiger partial charge >= 0.3 is 12.3 Å². The van der Waals surface area contributed by atoms with E-state index in [2.05, 4.69) is 0 Å². The van der Waals surface area contributed by atoms with Gasteiger partial charge in [-0.15, -0.1) is 0 Å². The summed E-state index contributed by atoms with van der Waals surface area (Å²) in [6.45, 7) is 4.48. The summed E-state index contributed by atoms with van der Waals surface area (Å²) >= 11 is 0. The molecule has 1 aliphatic heterocycles. The molecule has 0 aromatic carbocycles. The van der Waals surface area contributed by atoms with Gasteiger partial charge in [0.05, 0.1) is 13.2 Å². The number of amides is 1. The first kappa shape index (κ1) is 16.1. The zero-order valence-corrected chi connectivity index (χ0v) is 11.4. The second kappa shape index (κ2) is 6.98. The quantitative estimate of drug-likeness (QED) is 0.793. The fraction of sp³-hybridized carbons (Fsp3) is 0.917. The molecule has 1 atom stereocenters. The molecule has 0 N–H and O–H groups in total. The molecular formula is C12H21F3N2O2. The smallest absolute Gasteiger partial charge is 0.409 e. The lowest BCUT2D eigenvalue weighted by atomic mass is 10.1. The molecule has 1 amide bonds. The van der Waals surface area contributed by atoms with E-state index in [9.17, 15) is 18.0 Å². The van der Waals surface area contributed by atoms with E-state index in [1.54, 1.807) is 0 Å². The maximum Gasteiger partial charge on any atom is 0.409 e. The Morgan fingerprint density at radius 1 is 1.26 bits per heavy atom. The maximum atomic E-state index is 12.2. The molecule has 0 radical (unpaired) electrons. The molecule has 1 unspecified atom stereocenters. The highest BCUT2D eigenvalue weighted by Crippen LogP contribution is 2.17. The molecule has 7 heteroatoms. The van der Waals surface area contributed by atoms with Gasteiger partial charge in [0.15, 0.2) is 0 Å². The Hall–Kier alpha value is -0.980. The Morgan fingerprint density at radius 2 is 1.84 bits per heavy atom. The van der Waals surface area contributed by atoms with Crippen molar-refractivity contribution in [3.63, 3.8) is 0 Å². The van der Waals surface area contributed by atoms with E-state index in [-0.39, 0.29) is 26.2 Å². The molecule has 1 heterocycles. The highest BCUT2D eigenvalue weighted by atomic mass is 19.4. The first-order valence-electron chi connectivity index (χ1n) is 6.52. The van der Waals surface area contributed by atoms with E-state index >= 15 is 0 Å². The van der Waals surface area contributed by atoms with Crippen molar-refractivity contribution in [3.8, 4) is 0 Å². The molecule has 0 saturated carbocycles. The van der Waals surface area contributed by atoms with Crippen molar-refractivity contribution < 1.29 is 22.7 Å². The van der Waals surface area contributed by atoms with Gasteiger partial charge in [-0.1, -0.05) is 20.3 Å². The first-order valence-corrected chi connectivity index (χ1v) is 6.52. The second-order valence-corrected chi connectivity index (χ2v) is 4.97. The summed E-state index contributed by atoms with van der Waals surface area (Å²) in [4.78, 5) is 14.4. The van der Waals surface area contributed by atoms with Gasteiger partial charge in [-0.2, -0.15) is 13.2 Å². The fourth-order valence-corrected chi connectivity index (χ4v) is 1.76. The number of rotatable bonds is 4. The third-order valence-corrected chi connectivity index (χ3v) is 3.22. The van der Waals surface area contributed by atoms with Gasteiger partial charge in [-0.3, -0.25) is 4.90 Å². The number of carbonyl (C=O) groups is 1. The number of alkyl halides is 3. The van der Waals surface area contributed by atoms with Gasteiger partial charge in [0.1, 0.15) is 0 Å². The van der Waals surface area contributed by atoms with Crippen molar-refractivity contribution in [1.82, 2.24) is 9.80 Å².